The summed E-state index contributed by atoms with van der Waals surface area (Å²) in [5, 5.41) is 6.93. The van der Waals surface area contributed by atoms with Gasteiger partial charge in [-0.2, -0.15) is 0 Å². The molecule has 0 fully saturated rings. The highest BCUT2D eigenvalue weighted by Crippen LogP contribution is 2.30. The number of aromatic nitrogens is 1. The molecule has 0 aliphatic rings. The van der Waals surface area contributed by atoms with E-state index in [9.17, 15) is 4.79 Å². The Morgan fingerprint density at radius 3 is 2.81 bits per heavy atom. The third-order valence-corrected chi connectivity index (χ3v) is 5.14. The van der Waals surface area contributed by atoms with Crippen LogP contribution in [-0.2, 0) is 4.79 Å². The topological polar surface area (TPSA) is 63.2 Å². The zero-order valence-corrected chi connectivity index (χ0v) is 16.5. The minimum absolute atomic E-state index is 0.124. The van der Waals surface area contributed by atoms with Crippen molar-refractivity contribution < 1.29 is 9.53 Å². The average molecular weight is 406 g/mol. The summed E-state index contributed by atoms with van der Waals surface area (Å²) in [6.07, 6.45) is 0. The Labute approximate surface area is 165 Å². The monoisotopic (exact) mass is 405 g/mol. The zero-order valence-electron chi connectivity index (χ0n) is 14.1. The van der Waals surface area contributed by atoms with Gasteiger partial charge in [-0.05, 0) is 55.4 Å². The van der Waals surface area contributed by atoms with E-state index in [0.717, 1.165) is 21.3 Å². The molecule has 1 amide bonds. The molecule has 1 aromatic heterocycles. The van der Waals surface area contributed by atoms with Crippen LogP contribution in [0.2, 0.25) is 5.02 Å². The predicted molar refractivity (Wildman–Crippen MR) is 110 cm³/mol. The second-order valence-electron chi connectivity index (χ2n) is 5.64. The fourth-order valence-corrected chi connectivity index (χ4v) is 3.64. The number of ether oxygens (including phenoxy) is 1. The van der Waals surface area contributed by atoms with Gasteiger partial charge in [0, 0.05) is 5.02 Å². The molecule has 134 valence electrons. The van der Waals surface area contributed by atoms with Gasteiger partial charge in [-0.1, -0.05) is 41.1 Å². The maximum atomic E-state index is 12.0. The summed E-state index contributed by atoms with van der Waals surface area (Å²) in [6, 6.07) is 11.3. The summed E-state index contributed by atoms with van der Waals surface area (Å²) in [4.78, 5) is 16.4. The molecular weight excluding hydrogens is 390 g/mol. The van der Waals surface area contributed by atoms with Crippen molar-refractivity contribution in [2.24, 2.45) is 0 Å². The Balaban J connectivity index is 1.56. The first-order chi connectivity index (χ1) is 12.4. The summed E-state index contributed by atoms with van der Waals surface area (Å²) < 4.78 is 6.49. The molecular formula is C18H16ClN3O2S2. The maximum absolute atomic E-state index is 12.0. The van der Waals surface area contributed by atoms with Crippen molar-refractivity contribution in [2.75, 3.05) is 11.9 Å². The van der Waals surface area contributed by atoms with Crippen molar-refractivity contribution in [1.82, 2.24) is 10.3 Å². The van der Waals surface area contributed by atoms with Crippen LogP contribution >= 0.6 is 35.2 Å². The molecule has 0 bridgehead atoms. The van der Waals surface area contributed by atoms with E-state index in [-0.39, 0.29) is 17.6 Å². The first kappa shape index (κ1) is 18.6. The number of fused-ring (bicyclic) bond motifs is 1. The number of hydrogen-bond acceptors (Lipinski definition) is 5. The lowest BCUT2D eigenvalue weighted by molar-refractivity contribution is -0.121. The number of anilines is 1. The Kier molecular flexibility index (Phi) is 5.70. The number of amides is 1. The molecule has 0 radical (unpaired) electrons. The molecule has 3 aromatic rings. The summed E-state index contributed by atoms with van der Waals surface area (Å²) in [7, 11) is 0. The molecule has 2 aromatic carbocycles. The molecule has 26 heavy (non-hydrogen) atoms. The first-order valence-corrected chi connectivity index (χ1v) is 9.38. The smallest absolute Gasteiger partial charge is 0.264 e. The van der Waals surface area contributed by atoms with E-state index in [1.807, 2.05) is 50.2 Å². The van der Waals surface area contributed by atoms with E-state index < -0.39 is 0 Å². The fraction of sp³-hybridized carbons (Fsp3) is 0.167. The Hall–Kier alpha value is -2.22. The number of thiocarbonyl (C=S) groups is 1. The van der Waals surface area contributed by atoms with Crippen LogP contribution in [0.15, 0.2) is 36.4 Å². The predicted octanol–water partition coefficient (Wildman–Crippen LogP) is 4.46. The standard InChI is InChI=1S/C18H16ClN3O2S2/c1-10-5-3-4-6-14(10)24-9-16(23)21-17(25)22-18-20-13-8-12(19)11(2)7-15(13)26-18/h3-8H,9H2,1-2H3,(H2,20,21,22,23,25). The van der Waals surface area contributed by atoms with Crippen LogP contribution in [0.1, 0.15) is 11.1 Å². The van der Waals surface area contributed by atoms with Crippen LogP contribution in [0.5, 0.6) is 5.75 Å². The third-order valence-electron chi connectivity index (χ3n) is 3.59. The highest BCUT2D eigenvalue weighted by Gasteiger charge is 2.10. The van der Waals surface area contributed by atoms with Crippen LogP contribution in [0.3, 0.4) is 0 Å². The van der Waals surface area contributed by atoms with Crippen molar-refractivity contribution >= 4 is 61.5 Å². The van der Waals surface area contributed by atoms with Gasteiger partial charge < -0.3 is 10.1 Å². The molecule has 0 saturated heterocycles. The van der Waals surface area contributed by atoms with Gasteiger partial charge in [0.05, 0.1) is 10.2 Å². The summed E-state index contributed by atoms with van der Waals surface area (Å²) >= 11 is 12.7. The van der Waals surface area contributed by atoms with E-state index in [4.69, 9.17) is 28.6 Å². The van der Waals surface area contributed by atoms with Gasteiger partial charge in [0.15, 0.2) is 16.9 Å². The number of rotatable bonds is 4. The van der Waals surface area contributed by atoms with Crippen molar-refractivity contribution in [3.05, 3.63) is 52.5 Å². The summed E-state index contributed by atoms with van der Waals surface area (Å²) in [5.74, 6) is 0.325. The number of para-hydroxylation sites is 1. The lowest BCUT2D eigenvalue weighted by Gasteiger charge is -2.10. The number of halogens is 1. The fourth-order valence-electron chi connectivity index (χ4n) is 2.26. The molecule has 2 N–H and O–H groups in total. The van der Waals surface area contributed by atoms with Crippen LogP contribution in [-0.4, -0.2) is 22.6 Å². The van der Waals surface area contributed by atoms with E-state index >= 15 is 0 Å². The Morgan fingerprint density at radius 1 is 1.27 bits per heavy atom. The van der Waals surface area contributed by atoms with Crippen molar-refractivity contribution in [2.45, 2.75) is 13.8 Å². The largest absolute Gasteiger partial charge is 0.483 e. The number of benzene rings is 2. The number of hydrogen-bond donors (Lipinski definition) is 2. The molecule has 0 spiro atoms. The molecule has 0 atom stereocenters. The Morgan fingerprint density at radius 2 is 2.04 bits per heavy atom. The maximum Gasteiger partial charge on any atom is 0.264 e. The number of aryl methyl sites for hydroxylation is 2. The van der Waals surface area contributed by atoms with Gasteiger partial charge >= 0.3 is 0 Å². The molecule has 0 unspecified atom stereocenters. The van der Waals surface area contributed by atoms with E-state index in [1.54, 1.807) is 0 Å². The second kappa shape index (κ2) is 7.99. The molecule has 0 aliphatic carbocycles. The average Bonchev–Trinajstić information content (AvgIpc) is 2.95. The SMILES string of the molecule is Cc1cc2sc(NC(=S)NC(=O)COc3ccccc3C)nc2cc1Cl. The van der Waals surface area contributed by atoms with Crippen molar-refractivity contribution in [1.29, 1.82) is 0 Å². The molecule has 0 aliphatic heterocycles. The van der Waals surface area contributed by atoms with Crippen LogP contribution in [0, 0.1) is 13.8 Å². The van der Waals surface area contributed by atoms with Crippen LogP contribution < -0.4 is 15.4 Å². The van der Waals surface area contributed by atoms with E-state index in [0.29, 0.717) is 15.9 Å². The molecule has 3 rings (SSSR count). The molecule has 1 heterocycles. The summed E-state index contributed by atoms with van der Waals surface area (Å²) in [6.45, 7) is 3.73. The van der Waals surface area contributed by atoms with Gasteiger partial charge in [-0.3, -0.25) is 10.1 Å². The number of carbonyl (C=O) groups excluding carboxylic acids is 1. The van der Waals surface area contributed by atoms with Gasteiger partial charge in [-0.25, -0.2) is 4.98 Å². The highest BCUT2D eigenvalue weighted by atomic mass is 35.5. The minimum Gasteiger partial charge on any atom is -0.483 e. The van der Waals surface area contributed by atoms with Crippen LogP contribution in [0.25, 0.3) is 10.2 Å². The quantitative estimate of drug-likeness (QED) is 0.627. The highest BCUT2D eigenvalue weighted by molar-refractivity contribution is 7.80. The number of thiazole rings is 1. The minimum atomic E-state index is -0.342. The van der Waals surface area contributed by atoms with Gasteiger partial charge in [0.1, 0.15) is 5.75 Å². The first-order valence-electron chi connectivity index (χ1n) is 7.78. The van der Waals surface area contributed by atoms with Crippen molar-refractivity contribution in [3.63, 3.8) is 0 Å². The number of nitrogens with one attached hydrogen (secondary N) is 2. The normalized spacial score (nSPS) is 10.6. The van der Waals surface area contributed by atoms with E-state index in [1.165, 1.54) is 11.3 Å². The zero-order chi connectivity index (χ0) is 18.7. The molecule has 0 saturated carbocycles. The summed E-state index contributed by atoms with van der Waals surface area (Å²) in [5.41, 5.74) is 2.73. The van der Waals surface area contributed by atoms with Crippen LogP contribution in [0.4, 0.5) is 5.13 Å². The number of carbonyl (C=O) groups is 1. The lowest BCUT2D eigenvalue weighted by Crippen LogP contribution is -2.37. The lowest BCUT2D eigenvalue weighted by atomic mass is 10.2. The van der Waals surface area contributed by atoms with Crippen molar-refractivity contribution in [3.8, 4) is 5.75 Å². The molecule has 5 nitrogen and oxygen atoms in total. The third kappa shape index (κ3) is 4.49. The Bertz CT molecular complexity index is 949. The van der Waals surface area contributed by atoms with Gasteiger partial charge in [-0.15, -0.1) is 0 Å². The molecule has 8 heteroatoms. The second-order valence-corrected chi connectivity index (χ2v) is 7.49. The van der Waals surface area contributed by atoms with Gasteiger partial charge in [0.2, 0.25) is 0 Å². The van der Waals surface area contributed by atoms with E-state index in [2.05, 4.69) is 15.6 Å². The van der Waals surface area contributed by atoms with Gasteiger partial charge in [0.25, 0.3) is 5.91 Å². The number of nitrogens with zero attached hydrogens (tertiary/aromatic N) is 1.